The largest absolute Gasteiger partial charge is 0.406 e. The number of carbonyl (C=O) groups excluding carboxylic acids is 2. The number of halogens is 3. The Labute approximate surface area is 128 Å². The van der Waals surface area contributed by atoms with Crippen molar-refractivity contribution in [1.29, 1.82) is 0 Å². The summed E-state index contributed by atoms with van der Waals surface area (Å²) in [5.41, 5.74) is 2.46. The van der Waals surface area contributed by atoms with Gasteiger partial charge in [-0.3, -0.25) is 4.79 Å². The van der Waals surface area contributed by atoms with Crippen LogP contribution in [0.4, 0.5) is 18.0 Å². The van der Waals surface area contributed by atoms with Crippen molar-refractivity contribution in [2.45, 2.75) is 32.1 Å². The van der Waals surface area contributed by atoms with Crippen LogP contribution in [0.1, 0.15) is 17.0 Å². The van der Waals surface area contributed by atoms with Gasteiger partial charge in [-0.05, 0) is 13.3 Å². The molecule has 0 spiro atoms. The summed E-state index contributed by atoms with van der Waals surface area (Å²) in [7, 11) is 0. The average Bonchev–Trinajstić information content (AvgIpc) is 2.95. The number of amides is 3. The second-order valence-electron chi connectivity index (χ2n) is 4.90. The van der Waals surface area contributed by atoms with Crippen LogP contribution in [0.3, 0.4) is 0 Å². The van der Waals surface area contributed by atoms with Crippen LogP contribution in [0.25, 0.3) is 0 Å². The van der Waals surface area contributed by atoms with Gasteiger partial charge in [0.05, 0.1) is 17.7 Å². The Balaban J connectivity index is 1.80. The highest BCUT2D eigenvalue weighted by Crippen LogP contribution is 2.20. The normalized spacial score (nSPS) is 18.6. The molecule has 2 N–H and O–H groups in total. The van der Waals surface area contributed by atoms with Crippen molar-refractivity contribution in [2.24, 2.45) is 0 Å². The van der Waals surface area contributed by atoms with Crippen LogP contribution in [0, 0.1) is 6.92 Å². The highest BCUT2D eigenvalue weighted by Gasteiger charge is 2.39. The molecule has 2 heterocycles. The fourth-order valence-electron chi connectivity index (χ4n) is 2.11. The highest BCUT2D eigenvalue weighted by atomic mass is 32.1. The van der Waals surface area contributed by atoms with Crippen LogP contribution in [0.2, 0.25) is 0 Å². The molecular formula is C12H15F3N4O2S. The Bertz CT molecular complexity index is 561. The molecule has 1 aliphatic rings. The summed E-state index contributed by atoms with van der Waals surface area (Å²) in [5.74, 6) is -0.707. The zero-order valence-corrected chi connectivity index (χ0v) is 12.6. The molecule has 0 aliphatic carbocycles. The number of aromatic nitrogens is 1. The second kappa shape index (κ2) is 6.51. The quantitative estimate of drug-likeness (QED) is 0.873. The van der Waals surface area contributed by atoms with Gasteiger partial charge in [0.1, 0.15) is 12.6 Å². The van der Waals surface area contributed by atoms with Gasteiger partial charge in [-0.2, -0.15) is 13.2 Å². The third-order valence-electron chi connectivity index (χ3n) is 3.23. The van der Waals surface area contributed by atoms with Crippen LogP contribution >= 0.6 is 11.3 Å². The van der Waals surface area contributed by atoms with Gasteiger partial charge in [0.2, 0.25) is 5.91 Å². The molecule has 1 unspecified atom stereocenters. The van der Waals surface area contributed by atoms with E-state index in [1.54, 1.807) is 12.4 Å². The smallest absolute Gasteiger partial charge is 0.333 e. The van der Waals surface area contributed by atoms with Crippen LogP contribution in [-0.4, -0.2) is 47.1 Å². The van der Waals surface area contributed by atoms with Gasteiger partial charge in [0.15, 0.2) is 0 Å². The molecule has 1 aromatic heterocycles. The first kappa shape index (κ1) is 16.5. The Morgan fingerprint density at radius 1 is 1.55 bits per heavy atom. The van der Waals surface area contributed by atoms with Gasteiger partial charge in [0, 0.05) is 11.4 Å². The van der Waals surface area contributed by atoms with E-state index in [1.807, 2.05) is 0 Å². The first-order valence-corrected chi connectivity index (χ1v) is 7.43. The van der Waals surface area contributed by atoms with E-state index in [1.165, 1.54) is 11.3 Å². The lowest BCUT2D eigenvalue weighted by molar-refractivity contribution is -0.157. The minimum Gasteiger partial charge on any atom is -0.333 e. The predicted octanol–water partition coefficient (Wildman–Crippen LogP) is 1.41. The molecule has 3 amide bonds. The van der Waals surface area contributed by atoms with E-state index in [0.717, 1.165) is 10.6 Å². The van der Waals surface area contributed by atoms with Crippen molar-refractivity contribution < 1.29 is 22.8 Å². The fourth-order valence-corrected chi connectivity index (χ4v) is 2.83. The summed E-state index contributed by atoms with van der Waals surface area (Å²) in [5, 5.41) is 4.97. The number of nitrogens with one attached hydrogen (secondary N) is 2. The average molecular weight is 336 g/mol. The third kappa shape index (κ3) is 4.33. The Hall–Kier alpha value is -1.84. The van der Waals surface area contributed by atoms with Crippen LogP contribution in [0.15, 0.2) is 5.51 Å². The molecule has 1 aliphatic heterocycles. The van der Waals surface area contributed by atoms with Crippen molar-refractivity contribution in [1.82, 2.24) is 20.5 Å². The van der Waals surface area contributed by atoms with Crippen LogP contribution in [-0.2, 0) is 11.3 Å². The molecule has 6 nitrogen and oxygen atoms in total. The molecule has 122 valence electrons. The van der Waals surface area contributed by atoms with Crippen molar-refractivity contribution in [3.63, 3.8) is 0 Å². The number of nitrogens with zero attached hydrogens (tertiary/aromatic N) is 2. The highest BCUT2D eigenvalue weighted by molar-refractivity contribution is 7.09. The SMILES string of the molecule is Cc1ncsc1CNC(=O)NC1CCN(CC(F)(F)F)C1=O. The summed E-state index contributed by atoms with van der Waals surface area (Å²) in [6.07, 6.45) is -4.27. The molecule has 1 fully saturated rings. The van der Waals surface area contributed by atoms with E-state index in [-0.39, 0.29) is 19.5 Å². The first-order chi connectivity index (χ1) is 10.3. The molecule has 0 aromatic carbocycles. The lowest BCUT2D eigenvalue weighted by atomic mass is 10.2. The van der Waals surface area contributed by atoms with E-state index >= 15 is 0 Å². The molecule has 0 radical (unpaired) electrons. The number of rotatable bonds is 4. The summed E-state index contributed by atoms with van der Waals surface area (Å²) in [4.78, 5) is 29.1. The number of likely N-dealkylation sites (tertiary alicyclic amines) is 1. The van der Waals surface area contributed by atoms with E-state index in [4.69, 9.17) is 0 Å². The summed E-state index contributed by atoms with van der Waals surface area (Å²) in [6.45, 7) is 0.763. The molecule has 1 atom stereocenters. The van der Waals surface area contributed by atoms with E-state index < -0.39 is 30.7 Å². The Morgan fingerprint density at radius 2 is 2.27 bits per heavy atom. The van der Waals surface area contributed by atoms with E-state index in [0.29, 0.717) is 4.90 Å². The zero-order valence-electron chi connectivity index (χ0n) is 11.7. The van der Waals surface area contributed by atoms with Gasteiger partial charge in [-0.15, -0.1) is 11.3 Å². The molecule has 0 bridgehead atoms. The number of hydrogen-bond donors (Lipinski definition) is 2. The number of thiazole rings is 1. The van der Waals surface area contributed by atoms with Crippen molar-refractivity contribution >= 4 is 23.3 Å². The minimum atomic E-state index is -4.43. The standard InChI is InChI=1S/C12H15F3N4O2S/c1-7-9(22-6-17-7)4-16-11(21)18-8-2-3-19(10(8)20)5-12(13,14)15/h6,8H,2-5H2,1H3,(H2,16,18,21). The molecule has 1 saturated heterocycles. The topological polar surface area (TPSA) is 74.3 Å². The van der Waals surface area contributed by atoms with Gasteiger partial charge < -0.3 is 15.5 Å². The third-order valence-corrected chi connectivity index (χ3v) is 4.16. The minimum absolute atomic E-state index is 0.0166. The monoisotopic (exact) mass is 336 g/mol. The van der Waals surface area contributed by atoms with E-state index in [9.17, 15) is 22.8 Å². The maximum absolute atomic E-state index is 12.3. The number of alkyl halides is 3. The maximum Gasteiger partial charge on any atom is 0.406 e. The van der Waals surface area contributed by atoms with Crippen molar-refractivity contribution in [3.05, 3.63) is 16.1 Å². The second-order valence-corrected chi connectivity index (χ2v) is 5.84. The Morgan fingerprint density at radius 3 is 2.86 bits per heavy atom. The number of hydrogen-bond acceptors (Lipinski definition) is 4. The first-order valence-electron chi connectivity index (χ1n) is 6.55. The summed E-state index contributed by atoms with van der Waals surface area (Å²) < 4.78 is 36.9. The van der Waals surface area contributed by atoms with Crippen molar-refractivity contribution in [2.75, 3.05) is 13.1 Å². The molecule has 10 heteroatoms. The molecule has 22 heavy (non-hydrogen) atoms. The van der Waals surface area contributed by atoms with Gasteiger partial charge in [0.25, 0.3) is 0 Å². The molecular weight excluding hydrogens is 321 g/mol. The lowest BCUT2D eigenvalue weighted by Gasteiger charge is -2.18. The number of carbonyl (C=O) groups is 2. The fraction of sp³-hybridized carbons (Fsp3) is 0.583. The summed E-state index contributed by atoms with van der Waals surface area (Å²) >= 11 is 1.39. The van der Waals surface area contributed by atoms with Crippen molar-refractivity contribution in [3.8, 4) is 0 Å². The number of aryl methyl sites for hydroxylation is 1. The zero-order chi connectivity index (χ0) is 16.3. The van der Waals surface area contributed by atoms with Crippen LogP contribution in [0.5, 0.6) is 0 Å². The van der Waals surface area contributed by atoms with Gasteiger partial charge in [-0.25, -0.2) is 9.78 Å². The molecule has 1 aromatic rings. The van der Waals surface area contributed by atoms with E-state index in [2.05, 4.69) is 15.6 Å². The summed E-state index contributed by atoms with van der Waals surface area (Å²) in [6, 6.07) is -1.50. The molecule has 0 saturated carbocycles. The van der Waals surface area contributed by atoms with Gasteiger partial charge >= 0.3 is 12.2 Å². The molecule has 2 rings (SSSR count). The van der Waals surface area contributed by atoms with Gasteiger partial charge in [-0.1, -0.05) is 0 Å². The Kier molecular flexibility index (Phi) is 4.89. The number of urea groups is 1. The lowest BCUT2D eigenvalue weighted by Crippen LogP contribution is -2.47. The maximum atomic E-state index is 12.3. The van der Waals surface area contributed by atoms with Crippen LogP contribution < -0.4 is 10.6 Å². The predicted molar refractivity (Wildman–Crippen MR) is 73.3 cm³/mol.